The first kappa shape index (κ1) is 18.9. The molecule has 1 N–H and O–H groups in total. The molecule has 1 atom stereocenters. The molecule has 144 valence electrons. The Morgan fingerprint density at radius 3 is 2.69 bits per heavy atom. The third-order valence-electron chi connectivity index (χ3n) is 4.93. The van der Waals surface area contributed by atoms with Crippen molar-refractivity contribution in [3.8, 4) is 0 Å². The molecule has 2 aromatic rings. The van der Waals surface area contributed by atoms with Gasteiger partial charge in [-0.2, -0.15) is 27.8 Å². The smallest absolute Gasteiger partial charge is 0.367 e. The van der Waals surface area contributed by atoms with Crippen molar-refractivity contribution in [3.05, 3.63) is 18.1 Å². The zero-order valence-electron chi connectivity index (χ0n) is 15.1. The lowest BCUT2D eigenvalue weighted by Gasteiger charge is -2.35. The fraction of sp³-hybridized carbons (Fsp3) is 0.706. The molecule has 1 aliphatic rings. The number of nitrogens with zero attached hydrogens (tertiary/aromatic N) is 5. The minimum Gasteiger partial charge on any atom is -0.367 e. The molecule has 0 saturated carbocycles. The van der Waals surface area contributed by atoms with Gasteiger partial charge in [0.15, 0.2) is 0 Å². The summed E-state index contributed by atoms with van der Waals surface area (Å²) in [5.41, 5.74) is 0.961. The predicted octanol–water partition coefficient (Wildman–Crippen LogP) is 3.15. The highest BCUT2D eigenvalue weighted by atomic mass is 19.4. The van der Waals surface area contributed by atoms with E-state index in [0.29, 0.717) is 24.8 Å². The maximum absolute atomic E-state index is 12.5. The summed E-state index contributed by atoms with van der Waals surface area (Å²) in [6, 6.07) is 2.12. The first-order valence-corrected chi connectivity index (χ1v) is 9.11. The summed E-state index contributed by atoms with van der Waals surface area (Å²) in [4.78, 5) is 10.1. The molecule has 6 nitrogen and oxygen atoms in total. The van der Waals surface area contributed by atoms with Crippen LogP contribution in [0.1, 0.15) is 38.8 Å². The van der Waals surface area contributed by atoms with Gasteiger partial charge in [0.1, 0.15) is 12.1 Å². The van der Waals surface area contributed by atoms with Crippen molar-refractivity contribution >= 4 is 11.6 Å². The lowest BCUT2D eigenvalue weighted by molar-refractivity contribution is -0.148. The van der Waals surface area contributed by atoms with E-state index in [1.54, 1.807) is 4.52 Å². The zero-order chi connectivity index (χ0) is 18.7. The number of nitrogens with one attached hydrogen (secondary N) is 1. The summed E-state index contributed by atoms with van der Waals surface area (Å²) in [6.07, 6.45) is 0.702. The van der Waals surface area contributed by atoms with Crippen molar-refractivity contribution in [1.82, 2.24) is 24.5 Å². The molecule has 0 aromatic carbocycles. The molecule has 26 heavy (non-hydrogen) atoms. The topological polar surface area (TPSA) is 58.4 Å². The van der Waals surface area contributed by atoms with Crippen LogP contribution in [0.25, 0.3) is 5.78 Å². The number of rotatable bonds is 6. The molecule has 1 aliphatic heterocycles. The van der Waals surface area contributed by atoms with E-state index in [0.717, 1.165) is 37.2 Å². The molecule has 3 heterocycles. The van der Waals surface area contributed by atoms with Crippen molar-refractivity contribution in [2.45, 2.75) is 51.7 Å². The van der Waals surface area contributed by atoms with Crippen LogP contribution in [0.3, 0.4) is 0 Å². The Labute approximate surface area is 150 Å². The van der Waals surface area contributed by atoms with Crippen molar-refractivity contribution in [1.29, 1.82) is 0 Å². The number of likely N-dealkylation sites (tertiary alicyclic amines) is 1. The largest absolute Gasteiger partial charge is 0.401 e. The first-order chi connectivity index (χ1) is 12.4. The molecule has 0 amide bonds. The maximum atomic E-state index is 12.5. The molecule has 0 aliphatic carbocycles. The lowest BCUT2D eigenvalue weighted by Crippen LogP contribution is -2.43. The van der Waals surface area contributed by atoms with E-state index in [2.05, 4.69) is 34.2 Å². The summed E-state index contributed by atoms with van der Waals surface area (Å²) in [5.74, 6) is 1.72. The number of piperidine rings is 1. The van der Waals surface area contributed by atoms with Crippen LogP contribution < -0.4 is 5.32 Å². The van der Waals surface area contributed by atoms with E-state index in [9.17, 15) is 13.2 Å². The number of anilines is 1. The van der Waals surface area contributed by atoms with Crippen LogP contribution in [0, 0.1) is 5.92 Å². The van der Waals surface area contributed by atoms with Crippen LogP contribution in [0.15, 0.2) is 12.4 Å². The SMILES string of the molecule is CCCc1cc(NC(C)C2CCN(CC(F)(F)F)CC2)n2ncnc2n1. The predicted molar refractivity (Wildman–Crippen MR) is 93.1 cm³/mol. The standard InChI is InChI=1S/C17H25F3N6/c1-3-4-14-9-15(26-16(24-14)21-11-22-26)23-12(2)13-5-7-25(8-6-13)10-17(18,19)20/h9,11-13,23H,3-8,10H2,1-2H3. The molecular weight excluding hydrogens is 345 g/mol. The van der Waals surface area contributed by atoms with Gasteiger partial charge in [0.2, 0.25) is 0 Å². The van der Waals surface area contributed by atoms with E-state index in [-0.39, 0.29) is 6.04 Å². The summed E-state index contributed by atoms with van der Waals surface area (Å²) in [6.45, 7) is 4.32. The molecule has 9 heteroatoms. The van der Waals surface area contributed by atoms with Gasteiger partial charge >= 0.3 is 6.18 Å². The highest BCUT2D eigenvalue weighted by Crippen LogP contribution is 2.26. The monoisotopic (exact) mass is 370 g/mol. The molecule has 1 fully saturated rings. The van der Waals surface area contributed by atoms with Crippen molar-refractivity contribution < 1.29 is 13.2 Å². The van der Waals surface area contributed by atoms with Gasteiger partial charge in [0.05, 0.1) is 6.54 Å². The molecule has 1 unspecified atom stereocenters. The molecule has 3 rings (SSSR count). The van der Waals surface area contributed by atoms with Crippen LogP contribution in [-0.4, -0.2) is 56.3 Å². The number of hydrogen-bond donors (Lipinski definition) is 1. The minimum absolute atomic E-state index is 0.132. The number of alkyl halides is 3. The highest BCUT2D eigenvalue weighted by molar-refractivity contribution is 5.45. The summed E-state index contributed by atoms with van der Waals surface area (Å²) in [5, 5.41) is 7.70. The van der Waals surface area contributed by atoms with E-state index in [4.69, 9.17) is 0 Å². The Hall–Kier alpha value is -1.90. The first-order valence-electron chi connectivity index (χ1n) is 9.11. The van der Waals surface area contributed by atoms with E-state index < -0.39 is 12.7 Å². The van der Waals surface area contributed by atoms with Crippen molar-refractivity contribution in [3.63, 3.8) is 0 Å². The number of fused-ring (bicyclic) bond motifs is 1. The molecule has 0 bridgehead atoms. The van der Waals surface area contributed by atoms with Crippen LogP contribution >= 0.6 is 0 Å². The average Bonchev–Trinajstić information content (AvgIpc) is 3.03. The van der Waals surface area contributed by atoms with Crippen LogP contribution in [0.5, 0.6) is 0 Å². The number of hydrogen-bond acceptors (Lipinski definition) is 5. The van der Waals surface area contributed by atoms with Crippen LogP contribution in [-0.2, 0) is 6.42 Å². The Morgan fingerprint density at radius 1 is 1.31 bits per heavy atom. The number of aromatic nitrogens is 4. The second-order valence-electron chi connectivity index (χ2n) is 7.02. The second kappa shape index (κ2) is 7.77. The third kappa shape index (κ3) is 4.63. The molecule has 2 aromatic heterocycles. The number of aryl methyl sites for hydroxylation is 1. The Morgan fingerprint density at radius 2 is 2.04 bits per heavy atom. The zero-order valence-corrected chi connectivity index (χ0v) is 15.1. The lowest BCUT2D eigenvalue weighted by atomic mass is 9.90. The molecular formula is C17H25F3N6. The Bertz CT molecular complexity index is 721. The third-order valence-corrected chi connectivity index (χ3v) is 4.93. The minimum atomic E-state index is -4.12. The maximum Gasteiger partial charge on any atom is 0.401 e. The molecule has 0 spiro atoms. The summed E-state index contributed by atoms with van der Waals surface area (Å²) in [7, 11) is 0. The second-order valence-corrected chi connectivity index (χ2v) is 7.02. The van der Waals surface area contributed by atoms with Crippen LogP contribution in [0.2, 0.25) is 0 Å². The average molecular weight is 370 g/mol. The van der Waals surface area contributed by atoms with Gasteiger partial charge in [0, 0.05) is 17.8 Å². The Kier molecular flexibility index (Phi) is 5.64. The fourth-order valence-electron chi connectivity index (χ4n) is 3.56. The van der Waals surface area contributed by atoms with Gasteiger partial charge in [0.25, 0.3) is 5.78 Å². The van der Waals surface area contributed by atoms with Crippen molar-refractivity contribution in [2.24, 2.45) is 5.92 Å². The van der Waals surface area contributed by atoms with Crippen molar-refractivity contribution in [2.75, 3.05) is 25.0 Å². The quantitative estimate of drug-likeness (QED) is 0.847. The molecule has 0 radical (unpaired) electrons. The Balaban J connectivity index is 1.64. The van der Waals surface area contributed by atoms with E-state index >= 15 is 0 Å². The summed E-state index contributed by atoms with van der Waals surface area (Å²) >= 11 is 0. The highest BCUT2D eigenvalue weighted by Gasteiger charge is 2.33. The van der Waals surface area contributed by atoms with Gasteiger partial charge in [-0.05, 0) is 45.2 Å². The normalized spacial score (nSPS) is 18.3. The fourth-order valence-corrected chi connectivity index (χ4v) is 3.56. The van der Waals surface area contributed by atoms with Gasteiger partial charge in [-0.15, -0.1) is 0 Å². The van der Waals surface area contributed by atoms with Gasteiger partial charge < -0.3 is 5.32 Å². The van der Waals surface area contributed by atoms with Gasteiger partial charge in [-0.1, -0.05) is 13.3 Å². The van der Waals surface area contributed by atoms with E-state index in [1.807, 2.05) is 6.07 Å². The molecule has 1 saturated heterocycles. The van der Waals surface area contributed by atoms with Gasteiger partial charge in [-0.25, -0.2) is 4.98 Å². The van der Waals surface area contributed by atoms with Gasteiger partial charge in [-0.3, -0.25) is 4.90 Å². The van der Waals surface area contributed by atoms with E-state index in [1.165, 1.54) is 11.2 Å². The van der Waals surface area contributed by atoms with Crippen LogP contribution in [0.4, 0.5) is 19.0 Å². The summed E-state index contributed by atoms with van der Waals surface area (Å²) < 4.78 is 39.3. The number of halogens is 3.